The Morgan fingerprint density at radius 3 is 1.24 bits per heavy atom. The summed E-state index contributed by atoms with van der Waals surface area (Å²) in [4.78, 5) is 133. The van der Waals surface area contributed by atoms with Gasteiger partial charge in [0.15, 0.2) is 11.6 Å². The van der Waals surface area contributed by atoms with Crippen LogP contribution in [0.25, 0.3) is 0 Å². The summed E-state index contributed by atoms with van der Waals surface area (Å²) >= 11 is 0. The van der Waals surface area contributed by atoms with Gasteiger partial charge in [-0.05, 0) is 84.8 Å². The van der Waals surface area contributed by atoms with E-state index in [4.69, 9.17) is 0 Å². The summed E-state index contributed by atoms with van der Waals surface area (Å²) in [5, 5.41) is 13.6. The number of rotatable bonds is 35. The van der Waals surface area contributed by atoms with Gasteiger partial charge >= 0.3 is 0 Å². The minimum absolute atomic E-state index is 0.00123. The van der Waals surface area contributed by atoms with Crippen molar-refractivity contribution in [3.8, 4) is 0 Å². The number of Topliss-reactive ketones (excluding diaryl/α,β-unsaturated/α-hetero) is 5. The van der Waals surface area contributed by atoms with Crippen LogP contribution < -0.4 is 26.6 Å². The maximum Gasteiger partial charge on any atom is 0.244 e. The Labute approximate surface area is 432 Å². The fraction of sp³-hybridized carbons (Fsp3) is 0.704. The SMILES string of the molecule is C=C(CC(=O)NCCCC)C(C)=O.CCC(C)CNC(=O)CCC(C)=O.CCCCN(CCNC(=O)CCC(C)=O)C(=O)CCC(C)=O.CCCCNC(=O)/C=C\C(C)=O.CCCCNC(=O)CCC(C)=O. The van der Waals surface area contributed by atoms with Crippen molar-refractivity contribution in [2.75, 3.05) is 45.8 Å². The van der Waals surface area contributed by atoms with Gasteiger partial charge < -0.3 is 50.7 Å². The molecule has 0 fully saturated rings. The molecule has 0 saturated carbocycles. The molecule has 18 nitrogen and oxygen atoms in total. The molecule has 18 heteroatoms. The third-order valence-corrected chi connectivity index (χ3v) is 9.86. The topological polar surface area (TPSA) is 268 Å². The second kappa shape index (κ2) is 53.1. The van der Waals surface area contributed by atoms with Crippen LogP contribution in [0.15, 0.2) is 24.3 Å². The molecule has 0 rings (SSSR count). The number of carbonyl (C=O) groups is 12. The predicted molar refractivity (Wildman–Crippen MR) is 285 cm³/mol. The Morgan fingerprint density at radius 1 is 0.458 bits per heavy atom. The average molecular weight is 1020 g/mol. The zero-order valence-corrected chi connectivity index (χ0v) is 46.5. The second-order valence-electron chi connectivity index (χ2n) is 17.5. The van der Waals surface area contributed by atoms with Crippen LogP contribution >= 0.6 is 0 Å². The zero-order valence-electron chi connectivity index (χ0n) is 46.5. The van der Waals surface area contributed by atoms with Gasteiger partial charge in [0.2, 0.25) is 35.4 Å². The summed E-state index contributed by atoms with van der Waals surface area (Å²) in [5.41, 5.74) is 0.369. The zero-order chi connectivity index (χ0) is 56.3. The van der Waals surface area contributed by atoms with E-state index in [1.165, 1.54) is 53.7 Å². The van der Waals surface area contributed by atoms with E-state index < -0.39 is 0 Å². The van der Waals surface area contributed by atoms with Crippen LogP contribution in [-0.2, 0) is 57.5 Å². The van der Waals surface area contributed by atoms with E-state index in [1.807, 2.05) is 6.92 Å². The summed E-state index contributed by atoms with van der Waals surface area (Å²) in [7, 11) is 0. The number of amides is 6. The number of nitrogens with one attached hydrogen (secondary N) is 5. The Bertz CT molecular complexity index is 1660. The molecule has 0 radical (unpaired) electrons. The third kappa shape index (κ3) is 64.3. The van der Waals surface area contributed by atoms with Gasteiger partial charge in [-0.1, -0.05) is 80.2 Å². The molecule has 0 aromatic carbocycles. The molecule has 0 aromatic heterocycles. The van der Waals surface area contributed by atoms with E-state index in [1.54, 1.807) is 4.90 Å². The largest absolute Gasteiger partial charge is 0.356 e. The molecule has 0 bridgehead atoms. The Kier molecular flexibility index (Phi) is 55.5. The quantitative estimate of drug-likeness (QED) is 0.0326. The fourth-order valence-electron chi connectivity index (χ4n) is 4.88. The van der Waals surface area contributed by atoms with Crippen molar-refractivity contribution in [3.63, 3.8) is 0 Å². The summed E-state index contributed by atoms with van der Waals surface area (Å²) in [6.45, 7) is 28.9. The van der Waals surface area contributed by atoms with Crippen molar-refractivity contribution >= 4 is 70.1 Å². The van der Waals surface area contributed by atoms with Crippen LogP contribution in [0.1, 0.15) is 199 Å². The van der Waals surface area contributed by atoms with E-state index in [0.717, 1.165) is 64.3 Å². The van der Waals surface area contributed by atoms with Crippen LogP contribution in [0.4, 0.5) is 0 Å². The summed E-state index contributed by atoms with van der Waals surface area (Å²) in [6.07, 6.45) is 14.0. The van der Waals surface area contributed by atoms with Crippen molar-refractivity contribution in [3.05, 3.63) is 24.3 Å². The van der Waals surface area contributed by atoms with E-state index in [0.29, 0.717) is 76.4 Å². The molecule has 6 amide bonds. The van der Waals surface area contributed by atoms with Crippen molar-refractivity contribution in [2.24, 2.45) is 5.92 Å². The Balaban J connectivity index is -0.000000267. The highest BCUT2D eigenvalue weighted by atomic mass is 16.2. The molecule has 0 heterocycles. The molecule has 0 aliphatic heterocycles. The lowest BCUT2D eigenvalue weighted by Gasteiger charge is -2.22. The molecule has 1 atom stereocenters. The molecule has 0 aliphatic carbocycles. The number of hydrogen-bond donors (Lipinski definition) is 5. The smallest absolute Gasteiger partial charge is 0.244 e. The lowest BCUT2D eigenvalue weighted by molar-refractivity contribution is -0.133. The lowest BCUT2D eigenvalue weighted by atomic mass is 10.1. The Morgan fingerprint density at radius 2 is 0.847 bits per heavy atom. The van der Waals surface area contributed by atoms with Gasteiger partial charge in [0, 0.05) is 103 Å². The first kappa shape index (κ1) is 75.3. The van der Waals surface area contributed by atoms with Crippen LogP contribution in [-0.4, -0.2) is 121 Å². The highest BCUT2D eigenvalue weighted by Gasteiger charge is 2.14. The van der Waals surface area contributed by atoms with Gasteiger partial charge in [-0.3, -0.25) is 38.4 Å². The van der Waals surface area contributed by atoms with Crippen molar-refractivity contribution in [1.82, 2.24) is 31.5 Å². The molecule has 72 heavy (non-hydrogen) atoms. The van der Waals surface area contributed by atoms with Gasteiger partial charge in [-0.25, -0.2) is 0 Å². The number of nitrogens with zero attached hydrogens (tertiary/aromatic N) is 1. The maximum absolute atomic E-state index is 12.1. The lowest BCUT2D eigenvalue weighted by Crippen LogP contribution is -2.39. The molecule has 0 saturated heterocycles. The van der Waals surface area contributed by atoms with E-state index in [9.17, 15) is 57.5 Å². The predicted octanol–water partition coefficient (Wildman–Crippen LogP) is 6.75. The van der Waals surface area contributed by atoms with Crippen molar-refractivity contribution in [1.29, 1.82) is 0 Å². The summed E-state index contributed by atoms with van der Waals surface area (Å²) in [6, 6.07) is 0. The number of carbonyl (C=O) groups excluding carboxylic acids is 12. The van der Waals surface area contributed by atoms with Crippen molar-refractivity contribution in [2.45, 2.75) is 199 Å². The Hall–Kier alpha value is -5.68. The second-order valence-corrected chi connectivity index (χ2v) is 17.5. The highest BCUT2D eigenvalue weighted by molar-refractivity contribution is 5.98. The monoisotopic (exact) mass is 1020 g/mol. The van der Waals surface area contributed by atoms with Gasteiger partial charge in [-0.15, -0.1) is 0 Å². The van der Waals surface area contributed by atoms with E-state index in [-0.39, 0.29) is 102 Å². The first-order chi connectivity index (χ1) is 33.8. The first-order valence-corrected chi connectivity index (χ1v) is 25.8. The number of ketones is 6. The third-order valence-electron chi connectivity index (χ3n) is 9.86. The van der Waals surface area contributed by atoms with Crippen LogP contribution in [0.3, 0.4) is 0 Å². The average Bonchev–Trinajstić information content (AvgIpc) is 3.31. The van der Waals surface area contributed by atoms with E-state index in [2.05, 4.69) is 67.8 Å². The van der Waals surface area contributed by atoms with Gasteiger partial charge in [0.25, 0.3) is 0 Å². The van der Waals surface area contributed by atoms with Gasteiger partial charge in [0.05, 0.1) is 6.42 Å². The molecule has 0 aliphatic rings. The number of hydrogen-bond acceptors (Lipinski definition) is 12. The number of allylic oxidation sites excluding steroid dienone is 1. The molecule has 1 unspecified atom stereocenters. The normalized spacial score (nSPS) is 10.3. The van der Waals surface area contributed by atoms with Crippen LogP contribution in [0.5, 0.6) is 0 Å². The maximum atomic E-state index is 12.1. The van der Waals surface area contributed by atoms with Gasteiger partial charge in [-0.2, -0.15) is 0 Å². The molecule has 0 aromatic rings. The number of unbranched alkanes of at least 4 members (excludes halogenated alkanes) is 4. The molecule has 5 N–H and O–H groups in total. The molecular formula is C54H96N6O12. The first-order valence-electron chi connectivity index (χ1n) is 25.8. The fourth-order valence-corrected chi connectivity index (χ4v) is 4.88. The molecule has 414 valence electrons. The van der Waals surface area contributed by atoms with E-state index >= 15 is 0 Å². The molecule has 0 spiro atoms. The highest BCUT2D eigenvalue weighted by Crippen LogP contribution is 2.03. The van der Waals surface area contributed by atoms with Crippen LogP contribution in [0.2, 0.25) is 0 Å². The summed E-state index contributed by atoms with van der Waals surface area (Å²) < 4.78 is 0. The van der Waals surface area contributed by atoms with Crippen molar-refractivity contribution < 1.29 is 57.5 Å². The standard InChI is InChI=1S/C16H28N2O4.C10H19NO2.C10H17NO2.C9H17NO2.C9H15NO2/c1-4-5-11-18(16(22)9-7-14(3)20)12-10-17-15(21)8-6-13(2)19;1-4-8(2)7-11-10(13)6-5-9(3)12;1-4-5-6-11-10(13)7-8(2)9(3)12;2*1-3-4-7-10-9(12)6-5-8(2)11/h4-12H2,1-3H3,(H,17,21);8H,4-7H2,1-3H3,(H,11,13);2,4-7H2,1,3H3,(H,11,13);3-7H2,1-2H3,(H,10,12);5-6H,3-4,7H2,1-2H3,(H,10,12)/b;;;;6-5-. The molecular weight excluding hydrogens is 925 g/mol. The minimum atomic E-state index is -0.196. The van der Waals surface area contributed by atoms with Gasteiger partial charge in [0.1, 0.15) is 23.1 Å². The van der Waals surface area contributed by atoms with Crippen LogP contribution in [0, 0.1) is 5.92 Å². The summed E-state index contributed by atoms with van der Waals surface area (Å²) in [5.74, 6) is -0.169. The minimum Gasteiger partial charge on any atom is -0.356 e.